The van der Waals surface area contributed by atoms with Crippen LogP contribution in [0, 0.1) is 6.92 Å². The van der Waals surface area contributed by atoms with Gasteiger partial charge in [0.15, 0.2) is 5.82 Å². The maximum atomic E-state index is 6.02. The highest BCUT2D eigenvalue weighted by Crippen LogP contribution is 2.26. The molecule has 2 aromatic rings. The second-order valence-corrected chi connectivity index (χ2v) is 4.25. The lowest BCUT2D eigenvalue weighted by Gasteiger charge is -2.11. The minimum atomic E-state index is 0.289. The average Bonchev–Trinajstić information content (AvgIpc) is 2.41. The van der Waals surface area contributed by atoms with Gasteiger partial charge in [0.1, 0.15) is 10.8 Å². The molecule has 7 heteroatoms. The van der Waals surface area contributed by atoms with Crippen molar-refractivity contribution in [3.05, 3.63) is 35.0 Å². The van der Waals surface area contributed by atoms with E-state index in [2.05, 4.69) is 20.7 Å². The van der Waals surface area contributed by atoms with Crippen LogP contribution in [0.4, 0.5) is 17.5 Å². The first-order chi connectivity index (χ1) is 9.13. The molecular weight excluding hydrogens is 266 g/mol. The van der Waals surface area contributed by atoms with E-state index in [0.29, 0.717) is 10.8 Å². The van der Waals surface area contributed by atoms with Gasteiger partial charge in [0, 0.05) is 5.69 Å². The number of nitrogen functional groups attached to an aromatic ring is 1. The molecule has 0 saturated carbocycles. The molecular formula is C12H14ClN5O. The number of hydrogen-bond donors (Lipinski definition) is 3. The third kappa shape index (κ3) is 3.04. The van der Waals surface area contributed by atoms with Crippen molar-refractivity contribution in [2.45, 2.75) is 6.92 Å². The number of rotatable bonds is 4. The fraction of sp³-hybridized carbons (Fsp3) is 0.167. The molecule has 6 nitrogen and oxygen atoms in total. The van der Waals surface area contributed by atoms with Gasteiger partial charge >= 0.3 is 0 Å². The first-order valence-corrected chi connectivity index (χ1v) is 5.92. The van der Waals surface area contributed by atoms with Gasteiger partial charge in [-0.15, -0.1) is 0 Å². The van der Waals surface area contributed by atoms with Crippen LogP contribution in [0.2, 0.25) is 5.02 Å². The number of nitrogens with one attached hydrogen (secondary N) is 2. The number of aryl methyl sites for hydroxylation is 1. The minimum absolute atomic E-state index is 0.289. The van der Waals surface area contributed by atoms with Gasteiger partial charge in [-0.2, -0.15) is 4.98 Å². The zero-order valence-electron chi connectivity index (χ0n) is 10.6. The number of methoxy groups -OCH3 is 1. The minimum Gasteiger partial charge on any atom is -0.496 e. The molecule has 100 valence electrons. The molecule has 1 heterocycles. The predicted molar refractivity (Wildman–Crippen MR) is 75.9 cm³/mol. The Morgan fingerprint density at radius 3 is 2.79 bits per heavy atom. The second kappa shape index (κ2) is 5.73. The van der Waals surface area contributed by atoms with Crippen molar-refractivity contribution in [1.29, 1.82) is 0 Å². The molecule has 0 bridgehead atoms. The lowest BCUT2D eigenvalue weighted by Crippen LogP contribution is -2.11. The van der Waals surface area contributed by atoms with Crippen molar-refractivity contribution in [3.63, 3.8) is 0 Å². The van der Waals surface area contributed by atoms with Crippen LogP contribution in [-0.2, 0) is 0 Å². The highest BCUT2D eigenvalue weighted by molar-refractivity contribution is 6.32. The Kier molecular flexibility index (Phi) is 4.03. The fourth-order valence-corrected chi connectivity index (χ4v) is 1.76. The summed E-state index contributed by atoms with van der Waals surface area (Å²) in [6, 6.07) is 5.68. The van der Waals surface area contributed by atoms with Gasteiger partial charge < -0.3 is 10.1 Å². The molecule has 0 atom stereocenters. The smallest absolute Gasteiger partial charge is 0.239 e. The monoisotopic (exact) mass is 279 g/mol. The summed E-state index contributed by atoms with van der Waals surface area (Å²) in [4.78, 5) is 8.04. The summed E-state index contributed by atoms with van der Waals surface area (Å²) >= 11 is 6.02. The van der Waals surface area contributed by atoms with Crippen LogP contribution < -0.4 is 21.3 Å². The van der Waals surface area contributed by atoms with Gasteiger partial charge in [0.05, 0.1) is 13.3 Å². The van der Waals surface area contributed by atoms with Crippen molar-refractivity contribution in [2.75, 3.05) is 17.9 Å². The summed E-state index contributed by atoms with van der Waals surface area (Å²) in [5.74, 6) is 6.85. The van der Waals surface area contributed by atoms with E-state index in [0.717, 1.165) is 17.0 Å². The summed E-state index contributed by atoms with van der Waals surface area (Å²) in [5.41, 5.74) is 4.23. The normalized spacial score (nSPS) is 10.1. The van der Waals surface area contributed by atoms with Crippen LogP contribution in [-0.4, -0.2) is 17.1 Å². The van der Waals surface area contributed by atoms with Crippen molar-refractivity contribution in [2.24, 2.45) is 5.84 Å². The zero-order chi connectivity index (χ0) is 13.8. The molecule has 0 aliphatic heterocycles. The Hall–Kier alpha value is -2.05. The summed E-state index contributed by atoms with van der Waals surface area (Å²) in [6.45, 7) is 1.96. The van der Waals surface area contributed by atoms with Crippen molar-refractivity contribution in [1.82, 2.24) is 9.97 Å². The van der Waals surface area contributed by atoms with E-state index >= 15 is 0 Å². The Bertz CT molecular complexity index is 590. The van der Waals surface area contributed by atoms with E-state index in [1.54, 1.807) is 7.11 Å². The van der Waals surface area contributed by atoms with Gasteiger partial charge in [0.2, 0.25) is 5.95 Å². The number of aromatic nitrogens is 2. The molecule has 1 aromatic heterocycles. The van der Waals surface area contributed by atoms with Crippen molar-refractivity contribution >= 4 is 29.1 Å². The molecule has 0 fully saturated rings. The standard InChI is InChI=1S/C12H14ClN5O/c1-7-5-8(3-4-10(7)19-2)16-11-9(13)6-15-12(17-11)18-14/h3-6H,14H2,1-2H3,(H2,15,16,17,18). The van der Waals surface area contributed by atoms with Gasteiger partial charge in [-0.25, -0.2) is 10.8 Å². The van der Waals surface area contributed by atoms with Crippen LogP contribution in [0.15, 0.2) is 24.4 Å². The van der Waals surface area contributed by atoms with Crippen molar-refractivity contribution < 1.29 is 4.74 Å². The molecule has 0 unspecified atom stereocenters. The topological polar surface area (TPSA) is 85.1 Å². The summed E-state index contributed by atoms with van der Waals surface area (Å²) in [7, 11) is 1.63. The number of nitrogens with two attached hydrogens (primary N) is 1. The van der Waals surface area contributed by atoms with Gasteiger partial charge in [-0.3, -0.25) is 5.43 Å². The predicted octanol–water partition coefficient (Wildman–Crippen LogP) is 2.48. The molecule has 0 amide bonds. The molecule has 0 aliphatic rings. The van der Waals surface area contributed by atoms with Crippen LogP contribution in [0.3, 0.4) is 0 Å². The number of halogens is 1. The maximum absolute atomic E-state index is 6.02. The highest BCUT2D eigenvalue weighted by Gasteiger charge is 2.06. The molecule has 1 aromatic carbocycles. The summed E-state index contributed by atoms with van der Waals surface area (Å²) in [5, 5.41) is 3.51. The molecule has 19 heavy (non-hydrogen) atoms. The highest BCUT2D eigenvalue weighted by atomic mass is 35.5. The van der Waals surface area contributed by atoms with Crippen LogP contribution in [0.25, 0.3) is 0 Å². The number of hydrogen-bond acceptors (Lipinski definition) is 6. The largest absolute Gasteiger partial charge is 0.496 e. The summed E-state index contributed by atoms with van der Waals surface area (Å²) < 4.78 is 5.20. The fourth-order valence-electron chi connectivity index (χ4n) is 1.62. The molecule has 0 saturated heterocycles. The Morgan fingerprint density at radius 2 is 2.16 bits per heavy atom. The Morgan fingerprint density at radius 1 is 1.37 bits per heavy atom. The Balaban J connectivity index is 2.28. The third-order valence-corrected chi connectivity index (χ3v) is 2.81. The van der Waals surface area contributed by atoms with Gasteiger partial charge in [0.25, 0.3) is 0 Å². The average molecular weight is 280 g/mol. The Labute approximate surface area is 115 Å². The molecule has 0 radical (unpaired) electrons. The first-order valence-electron chi connectivity index (χ1n) is 5.55. The molecule has 0 aliphatic carbocycles. The van der Waals surface area contributed by atoms with E-state index in [1.165, 1.54) is 6.20 Å². The molecule has 0 spiro atoms. The van der Waals surface area contributed by atoms with E-state index in [9.17, 15) is 0 Å². The molecule has 2 rings (SSSR count). The number of anilines is 3. The first kappa shape index (κ1) is 13.4. The lowest BCUT2D eigenvalue weighted by atomic mass is 10.2. The third-order valence-electron chi connectivity index (χ3n) is 2.53. The summed E-state index contributed by atoms with van der Waals surface area (Å²) in [6.07, 6.45) is 1.47. The maximum Gasteiger partial charge on any atom is 0.239 e. The number of nitrogens with zero attached hydrogens (tertiary/aromatic N) is 2. The van der Waals surface area contributed by atoms with Crippen LogP contribution in [0.5, 0.6) is 5.75 Å². The van der Waals surface area contributed by atoms with Crippen LogP contribution in [0.1, 0.15) is 5.56 Å². The van der Waals surface area contributed by atoms with E-state index in [1.807, 2.05) is 25.1 Å². The zero-order valence-corrected chi connectivity index (χ0v) is 11.3. The number of ether oxygens (including phenoxy) is 1. The van der Waals surface area contributed by atoms with E-state index in [-0.39, 0.29) is 5.95 Å². The van der Waals surface area contributed by atoms with E-state index < -0.39 is 0 Å². The number of benzene rings is 1. The van der Waals surface area contributed by atoms with Crippen LogP contribution >= 0.6 is 11.6 Å². The van der Waals surface area contributed by atoms with Gasteiger partial charge in [-0.05, 0) is 30.7 Å². The second-order valence-electron chi connectivity index (χ2n) is 3.84. The SMILES string of the molecule is COc1ccc(Nc2nc(NN)ncc2Cl)cc1C. The van der Waals surface area contributed by atoms with E-state index in [4.69, 9.17) is 22.2 Å². The van der Waals surface area contributed by atoms with Crippen molar-refractivity contribution in [3.8, 4) is 5.75 Å². The van der Waals surface area contributed by atoms with Gasteiger partial charge in [-0.1, -0.05) is 11.6 Å². The molecule has 4 N–H and O–H groups in total. The quantitative estimate of drug-likeness (QED) is 0.589. The number of hydrazine groups is 1. The lowest BCUT2D eigenvalue weighted by molar-refractivity contribution is 0.412.